The topological polar surface area (TPSA) is 236 Å². The molecule has 0 spiro atoms. The first-order valence-corrected chi connectivity index (χ1v) is 47.5. The second-order valence-electron chi connectivity index (χ2n) is 39.0. The van der Waals surface area contributed by atoms with E-state index in [1.54, 1.807) is 0 Å². The summed E-state index contributed by atoms with van der Waals surface area (Å²) < 4.78 is 57.5. The van der Waals surface area contributed by atoms with Crippen molar-refractivity contribution in [3.63, 3.8) is 0 Å². The van der Waals surface area contributed by atoms with Crippen molar-refractivity contribution in [1.82, 2.24) is 9.80 Å². The normalized spacial score (nSPS) is 18.9. The number of nitrogen functional groups attached to an aromatic ring is 5. The third-order valence-corrected chi connectivity index (χ3v) is 26.2. The van der Waals surface area contributed by atoms with Crippen molar-refractivity contribution >= 4 is 56.9 Å². The number of quaternary nitrogens is 5. The van der Waals surface area contributed by atoms with Crippen molar-refractivity contribution < 1.29 is 65.0 Å². The maximum Gasteiger partial charge on any atom is 0.144 e. The molecule has 0 aliphatic carbocycles. The highest BCUT2D eigenvalue weighted by molar-refractivity contribution is 5.69. The lowest BCUT2D eigenvalue weighted by molar-refractivity contribution is -0.914. The minimum atomic E-state index is 0.741. The van der Waals surface area contributed by atoms with Gasteiger partial charge in [0.2, 0.25) is 0 Å². The molecule has 9 aliphatic heterocycles. The Bertz CT molecular complexity index is 3820. The van der Waals surface area contributed by atoms with E-state index in [1.807, 2.05) is 60.7 Å². The molecule has 9 heterocycles. The van der Waals surface area contributed by atoms with Crippen LogP contribution >= 0.6 is 0 Å². The maximum atomic E-state index is 5.90. The summed E-state index contributed by atoms with van der Waals surface area (Å²) in [6.07, 6.45) is 22.4. The van der Waals surface area contributed by atoms with Gasteiger partial charge >= 0.3 is 0 Å². The first-order chi connectivity index (χ1) is 59.2. The van der Waals surface area contributed by atoms with E-state index in [1.165, 1.54) is 206 Å². The number of anilines is 10. The number of benzene rings is 5. The van der Waals surface area contributed by atoms with Gasteiger partial charge in [0.05, 0.1) is 204 Å². The molecule has 10 N–H and O–H groups in total. The highest BCUT2D eigenvalue weighted by Gasteiger charge is 2.34. The Labute approximate surface area is 742 Å². The number of nitrogens with two attached hydrogens (primary N) is 5. The van der Waals surface area contributed by atoms with E-state index in [2.05, 4.69) is 135 Å². The minimum absolute atomic E-state index is 0.741. The Morgan fingerprint density at radius 3 is 0.967 bits per heavy atom. The van der Waals surface area contributed by atoms with Crippen LogP contribution in [-0.2, 0) is 18.9 Å². The fourth-order valence-electron chi connectivity index (χ4n) is 17.9. The number of rotatable bonds is 40. The summed E-state index contributed by atoms with van der Waals surface area (Å²) in [5.41, 5.74) is 38.9. The minimum Gasteiger partial charge on any atom is -0.489 e. The number of ether oxygens (including phenoxy) is 9. The van der Waals surface area contributed by atoms with Gasteiger partial charge in [-0.25, -0.2) is 0 Å². The SMILES string of the molecule is C[N+](C)(C)C1CCN(CCN2CCOc3cc(N)ccc32)C1.C[N+](C)(C)CCOCCCCCN1CCOc2cc(N)ccc21.C[N+]1(C)CCN(CCOCCCCCN2CCOc3cc(N)ccc32)CC1.C[N+]1(CCOCCCCCN2CCOc3cc(N)ccc32)CCCC1.C[N+]1(CCOCCCCCN2CCOc3cc(N)ccc32)CCCCC1. The summed E-state index contributed by atoms with van der Waals surface area (Å²) in [6.45, 7) is 39.2. The highest BCUT2D eigenvalue weighted by atomic mass is 16.5. The second-order valence-corrected chi connectivity index (χ2v) is 39.0. The van der Waals surface area contributed by atoms with E-state index in [0.29, 0.717) is 0 Å². The molecule has 26 heteroatoms. The third kappa shape index (κ3) is 34.4. The number of hydrogen-bond acceptors (Lipinski definition) is 21. The van der Waals surface area contributed by atoms with Crippen LogP contribution in [0.4, 0.5) is 56.9 Å². The van der Waals surface area contributed by atoms with Gasteiger partial charge in [0.15, 0.2) is 0 Å². The van der Waals surface area contributed by atoms with Crippen molar-refractivity contribution in [3.05, 3.63) is 91.0 Å². The smallest absolute Gasteiger partial charge is 0.144 e. The van der Waals surface area contributed by atoms with E-state index in [9.17, 15) is 0 Å². The van der Waals surface area contributed by atoms with Gasteiger partial charge in [-0.1, -0.05) is 0 Å². The molecule has 0 saturated carbocycles. The number of nitrogens with zero attached hydrogens (tertiary/aromatic N) is 12. The summed E-state index contributed by atoms with van der Waals surface area (Å²) in [5.74, 6) is 4.61. The maximum absolute atomic E-state index is 5.90. The van der Waals surface area contributed by atoms with Crippen LogP contribution in [0, 0.1) is 0 Å². The third-order valence-electron chi connectivity index (χ3n) is 26.2. The lowest BCUT2D eigenvalue weighted by Gasteiger charge is -2.39. The van der Waals surface area contributed by atoms with Gasteiger partial charge in [-0.3, -0.25) is 9.80 Å². The summed E-state index contributed by atoms with van der Waals surface area (Å²) in [5, 5.41) is 0. The number of unbranched alkanes of at least 4 members (excludes halogenated alkanes) is 8. The Morgan fingerprint density at radius 1 is 0.325 bits per heavy atom. The Morgan fingerprint density at radius 2 is 0.642 bits per heavy atom. The zero-order chi connectivity index (χ0) is 87.3. The molecular weight excluding hydrogens is 1550 g/mol. The van der Waals surface area contributed by atoms with Crippen LogP contribution in [0.25, 0.3) is 0 Å². The molecule has 4 fully saturated rings. The van der Waals surface area contributed by atoms with Gasteiger partial charge < -0.3 is 118 Å². The Balaban J connectivity index is 0.000000161. The van der Waals surface area contributed by atoms with Crippen molar-refractivity contribution in [1.29, 1.82) is 0 Å². The quantitative estimate of drug-likeness (QED) is 0.0139. The predicted octanol–water partition coefficient (Wildman–Crippen LogP) is 11.8. The average Bonchev–Trinajstić information content (AvgIpc) is 1.81. The van der Waals surface area contributed by atoms with Crippen molar-refractivity contribution in [2.75, 3.05) is 373 Å². The molecule has 1 unspecified atom stereocenters. The van der Waals surface area contributed by atoms with Gasteiger partial charge in [0.25, 0.3) is 0 Å². The molecule has 690 valence electrons. The number of likely N-dealkylation sites (tertiary alicyclic amines) is 3. The number of hydrogen-bond donors (Lipinski definition) is 5. The number of piperazine rings is 1. The largest absolute Gasteiger partial charge is 0.489 e. The molecule has 0 radical (unpaired) electrons. The van der Waals surface area contributed by atoms with Gasteiger partial charge in [0.1, 0.15) is 87.5 Å². The second kappa shape index (κ2) is 50.3. The number of likely N-dealkylation sites (N-methyl/N-ethyl adjacent to an activating group) is 5. The summed E-state index contributed by atoms with van der Waals surface area (Å²) in [6, 6.07) is 30.6. The van der Waals surface area contributed by atoms with Crippen LogP contribution in [0.5, 0.6) is 28.7 Å². The van der Waals surface area contributed by atoms with E-state index >= 15 is 0 Å². The fraction of sp³-hybridized carbons (Fsp3) is 0.691. The molecule has 0 amide bonds. The van der Waals surface area contributed by atoms with Gasteiger partial charge in [-0.05, 0) is 157 Å². The molecule has 14 rings (SSSR count). The van der Waals surface area contributed by atoms with Crippen molar-refractivity contribution in [2.45, 2.75) is 122 Å². The van der Waals surface area contributed by atoms with E-state index in [4.69, 9.17) is 71.3 Å². The molecule has 1 atom stereocenters. The molecule has 0 bridgehead atoms. The highest BCUT2D eigenvalue weighted by Crippen LogP contribution is 2.39. The first-order valence-electron chi connectivity index (χ1n) is 47.5. The van der Waals surface area contributed by atoms with E-state index in [-0.39, 0.29) is 0 Å². The van der Waals surface area contributed by atoms with Crippen LogP contribution < -0.4 is 76.9 Å². The van der Waals surface area contributed by atoms with Crippen LogP contribution in [0.3, 0.4) is 0 Å². The zero-order valence-corrected chi connectivity index (χ0v) is 78.3. The molecule has 26 nitrogen and oxygen atoms in total. The van der Waals surface area contributed by atoms with E-state index in [0.717, 1.165) is 273 Å². The van der Waals surface area contributed by atoms with Gasteiger partial charge in [-0.2, -0.15) is 0 Å². The fourth-order valence-corrected chi connectivity index (χ4v) is 17.9. The van der Waals surface area contributed by atoms with Crippen LogP contribution in [0.15, 0.2) is 91.0 Å². The molecule has 123 heavy (non-hydrogen) atoms. The summed E-state index contributed by atoms with van der Waals surface area (Å²) in [7, 11) is 22.9. The molecule has 5 aromatic carbocycles. The molecular formula is C97H168N17O9+5. The van der Waals surface area contributed by atoms with Gasteiger partial charge in [0, 0.05) is 170 Å². The Hall–Kier alpha value is -7.34. The number of fused-ring (bicyclic) bond motifs is 5. The van der Waals surface area contributed by atoms with Crippen LogP contribution in [0.1, 0.15) is 116 Å². The molecule has 5 aromatic rings. The Kier molecular flexibility index (Phi) is 40.0. The van der Waals surface area contributed by atoms with Crippen molar-refractivity contribution in [2.24, 2.45) is 0 Å². The van der Waals surface area contributed by atoms with Crippen LogP contribution in [0.2, 0.25) is 0 Å². The standard InChI is InChI=1S/C21H37N4O2.C21H36N3O2.C20H34N3O2.C18H32N3O2.C17H29N4O/c1-25(2)13-9-23(10-14-25)11-16-26-15-5-3-4-8-24-12-17-27-21-18-19(22)6-7-20(21)24;1-24(12-5-3-6-13-24)14-17-25-15-7-2-4-10-23-11-16-26-21-18-19(22)8-9-20(21)23;1-23(11-4-5-12-23)13-16-24-14-6-2-3-9-22-10-15-25-20-17-18(21)7-8-19(20)22;1-21(2,3)11-14-22-12-6-4-5-9-20-10-13-23-18-15-16(19)7-8-17(18)20;1-21(2,3)15-6-7-19(13-15)8-9-20-10-11-22-17-12-14(18)4-5-16(17)20/h6-7,18H,3-5,8-17,22H2,1-2H3;8-9,18H,2-7,10-17,22H2,1H3;7-8,17H,2-6,9-16,21H2,1H3;7-8,15H,4-6,9-14,19H2,1-3H3;4-5,12,15H,6-11,13,18H2,1-3H3/q5*+1. The summed E-state index contributed by atoms with van der Waals surface area (Å²) in [4.78, 5) is 17.2. The zero-order valence-electron chi connectivity index (χ0n) is 78.3. The van der Waals surface area contributed by atoms with Gasteiger partial charge in [-0.15, -0.1) is 0 Å². The first kappa shape index (κ1) is 97.8. The van der Waals surface area contributed by atoms with Crippen LogP contribution in [-0.4, -0.2) is 358 Å². The molecule has 4 saturated heterocycles. The lowest BCUT2D eigenvalue weighted by Crippen LogP contribution is -2.55. The molecule has 9 aliphatic rings. The van der Waals surface area contributed by atoms with Crippen molar-refractivity contribution in [3.8, 4) is 28.7 Å². The lowest BCUT2D eigenvalue weighted by atomic mass is 10.1. The predicted molar refractivity (Wildman–Crippen MR) is 510 cm³/mol. The monoisotopic (exact) mass is 1720 g/mol. The average molecular weight is 1720 g/mol. The summed E-state index contributed by atoms with van der Waals surface area (Å²) >= 11 is 0. The number of piperidine rings is 1. The van der Waals surface area contributed by atoms with E-state index < -0.39 is 0 Å². The molecule has 0 aromatic heterocycles.